The van der Waals surface area contributed by atoms with Crippen LogP contribution >= 0.6 is 0 Å². The Hall–Kier alpha value is -0.770. The van der Waals surface area contributed by atoms with E-state index in [1.54, 1.807) is 0 Å². The molecule has 4 heteroatoms. The predicted octanol–water partition coefficient (Wildman–Crippen LogP) is 3.80. The minimum Gasteiger partial charge on any atom is -0.444 e. The maximum Gasteiger partial charge on any atom is 0.410 e. The highest BCUT2D eigenvalue weighted by Crippen LogP contribution is 2.17. The summed E-state index contributed by atoms with van der Waals surface area (Å²) in [6.07, 6.45) is 4.19. The first-order chi connectivity index (χ1) is 9.73. The fourth-order valence-corrected chi connectivity index (χ4v) is 2.86. The van der Waals surface area contributed by atoms with Crippen LogP contribution in [0.1, 0.15) is 67.2 Å². The zero-order chi connectivity index (χ0) is 16.0. The average Bonchev–Trinajstić information content (AvgIpc) is 2.58. The van der Waals surface area contributed by atoms with Crippen LogP contribution in [0.4, 0.5) is 4.79 Å². The van der Waals surface area contributed by atoms with Crippen LogP contribution in [-0.4, -0.2) is 41.8 Å². The minimum atomic E-state index is -0.411. The maximum atomic E-state index is 12.1. The van der Waals surface area contributed by atoms with Crippen LogP contribution in [0.15, 0.2) is 0 Å². The van der Waals surface area contributed by atoms with Crippen LogP contribution in [0.25, 0.3) is 0 Å². The van der Waals surface area contributed by atoms with Crippen LogP contribution in [0.3, 0.4) is 0 Å². The van der Waals surface area contributed by atoms with Gasteiger partial charge in [-0.2, -0.15) is 0 Å². The number of likely N-dealkylation sites (tertiary alicyclic amines) is 1. The van der Waals surface area contributed by atoms with Gasteiger partial charge in [-0.05, 0) is 52.4 Å². The summed E-state index contributed by atoms with van der Waals surface area (Å²) in [5.41, 5.74) is -0.411. The number of hydrogen-bond donors (Lipinski definition) is 1. The highest BCUT2D eigenvalue weighted by Gasteiger charge is 2.26. The van der Waals surface area contributed by atoms with E-state index in [4.69, 9.17) is 4.74 Å². The Kier molecular flexibility index (Phi) is 6.98. The number of hydrogen-bond acceptors (Lipinski definition) is 3. The molecule has 124 valence electrons. The molecular formula is C17H34N2O2. The third-order valence-corrected chi connectivity index (χ3v) is 4.07. The maximum absolute atomic E-state index is 12.1. The Morgan fingerprint density at radius 3 is 2.48 bits per heavy atom. The SMILES string of the molecule is CCC(NC1CCCN(C(=O)OC(C)(C)C)CC1)C(C)C. The van der Waals surface area contributed by atoms with Gasteiger partial charge in [0, 0.05) is 25.2 Å². The molecule has 2 unspecified atom stereocenters. The highest BCUT2D eigenvalue weighted by atomic mass is 16.6. The number of rotatable bonds is 4. The molecule has 1 saturated heterocycles. The molecule has 21 heavy (non-hydrogen) atoms. The predicted molar refractivity (Wildman–Crippen MR) is 87.5 cm³/mol. The van der Waals surface area contributed by atoms with Crippen LogP contribution in [-0.2, 0) is 4.74 Å². The lowest BCUT2D eigenvalue weighted by atomic mass is 9.99. The van der Waals surface area contributed by atoms with Gasteiger partial charge in [0.15, 0.2) is 0 Å². The molecular weight excluding hydrogens is 264 g/mol. The largest absolute Gasteiger partial charge is 0.444 e. The second-order valence-electron chi connectivity index (χ2n) is 7.52. The Labute approximate surface area is 130 Å². The molecule has 0 aromatic rings. The van der Waals surface area contributed by atoms with E-state index in [0.717, 1.165) is 38.8 Å². The summed E-state index contributed by atoms with van der Waals surface area (Å²) in [4.78, 5) is 14.0. The molecule has 1 N–H and O–H groups in total. The van der Waals surface area contributed by atoms with Crippen molar-refractivity contribution in [2.45, 2.75) is 84.9 Å². The third-order valence-electron chi connectivity index (χ3n) is 4.07. The van der Waals surface area contributed by atoms with E-state index in [1.165, 1.54) is 0 Å². The van der Waals surface area contributed by atoms with E-state index < -0.39 is 5.60 Å². The fourth-order valence-electron chi connectivity index (χ4n) is 2.86. The van der Waals surface area contributed by atoms with Gasteiger partial charge in [0.1, 0.15) is 5.60 Å². The summed E-state index contributed by atoms with van der Waals surface area (Å²) in [6.45, 7) is 14.1. The van der Waals surface area contributed by atoms with E-state index in [0.29, 0.717) is 18.0 Å². The summed E-state index contributed by atoms with van der Waals surface area (Å²) in [6, 6.07) is 1.09. The van der Waals surface area contributed by atoms with Gasteiger partial charge in [-0.25, -0.2) is 4.79 Å². The van der Waals surface area contributed by atoms with Crippen LogP contribution in [0.5, 0.6) is 0 Å². The van der Waals surface area contributed by atoms with Gasteiger partial charge >= 0.3 is 6.09 Å². The van der Waals surface area contributed by atoms with Crippen LogP contribution in [0.2, 0.25) is 0 Å². The summed E-state index contributed by atoms with van der Waals surface area (Å²) < 4.78 is 5.48. The van der Waals surface area contributed by atoms with Gasteiger partial charge in [-0.3, -0.25) is 0 Å². The summed E-state index contributed by atoms with van der Waals surface area (Å²) in [7, 11) is 0. The Morgan fingerprint density at radius 2 is 1.95 bits per heavy atom. The molecule has 0 saturated carbocycles. The Morgan fingerprint density at radius 1 is 1.29 bits per heavy atom. The average molecular weight is 298 g/mol. The molecule has 0 aromatic heterocycles. The van der Waals surface area contributed by atoms with Gasteiger partial charge in [-0.1, -0.05) is 20.8 Å². The molecule has 1 rings (SSSR count). The second kappa shape index (κ2) is 8.02. The van der Waals surface area contributed by atoms with E-state index in [1.807, 2.05) is 25.7 Å². The van der Waals surface area contributed by atoms with E-state index >= 15 is 0 Å². The molecule has 2 atom stereocenters. The number of carbonyl (C=O) groups excluding carboxylic acids is 1. The first-order valence-corrected chi connectivity index (χ1v) is 8.47. The molecule has 4 nitrogen and oxygen atoms in total. The van der Waals surface area contributed by atoms with Crippen molar-refractivity contribution < 1.29 is 9.53 Å². The highest BCUT2D eigenvalue weighted by molar-refractivity contribution is 5.68. The van der Waals surface area contributed by atoms with E-state index in [9.17, 15) is 4.79 Å². The van der Waals surface area contributed by atoms with E-state index in [2.05, 4.69) is 26.1 Å². The number of ether oxygens (including phenoxy) is 1. The molecule has 0 bridgehead atoms. The zero-order valence-corrected chi connectivity index (χ0v) is 14.7. The molecule has 0 aromatic carbocycles. The van der Waals surface area contributed by atoms with Crippen LogP contribution < -0.4 is 5.32 Å². The van der Waals surface area contributed by atoms with Gasteiger partial charge in [0.2, 0.25) is 0 Å². The van der Waals surface area contributed by atoms with Crippen molar-refractivity contribution in [1.82, 2.24) is 10.2 Å². The zero-order valence-electron chi connectivity index (χ0n) is 14.7. The van der Waals surface area contributed by atoms with Crippen molar-refractivity contribution in [2.24, 2.45) is 5.92 Å². The monoisotopic (exact) mass is 298 g/mol. The van der Waals surface area contributed by atoms with Gasteiger partial charge in [0.05, 0.1) is 0 Å². The Balaban J connectivity index is 2.48. The molecule has 0 spiro atoms. The molecule has 1 aliphatic rings. The number of nitrogens with zero attached hydrogens (tertiary/aromatic N) is 1. The molecule has 1 aliphatic heterocycles. The van der Waals surface area contributed by atoms with Crippen molar-refractivity contribution in [2.75, 3.05) is 13.1 Å². The second-order valence-corrected chi connectivity index (χ2v) is 7.52. The lowest BCUT2D eigenvalue weighted by Gasteiger charge is -2.28. The quantitative estimate of drug-likeness (QED) is 0.858. The Bertz CT molecular complexity index is 323. The van der Waals surface area contributed by atoms with Crippen molar-refractivity contribution in [3.05, 3.63) is 0 Å². The summed E-state index contributed by atoms with van der Waals surface area (Å²) >= 11 is 0. The molecule has 1 amide bonds. The number of amides is 1. The topological polar surface area (TPSA) is 41.6 Å². The number of carbonyl (C=O) groups is 1. The summed E-state index contributed by atoms with van der Waals surface area (Å²) in [5, 5.41) is 3.77. The number of nitrogens with one attached hydrogen (secondary N) is 1. The van der Waals surface area contributed by atoms with Gasteiger partial charge < -0.3 is 15.0 Å². The molecule has 0 aliphatic carbocycles. The molecule has 1 fully saturated rings. The smallest absolute Gasteiger partial charge is 0.410 e. The molecule has 0 radical (unpaired) electrons. The van der Waals surface area contributed by atoms with Crippen LogP contribution in [0, 0.1) is 5.92 Å². The molecule has 1 heterocycles. The van der Waals surface area contributed by atoms with Crippen molar-refractivity contribution in [3.63, 3.8) is 0 Å². The normalized spacial score (nSPS) is 22.0. The fraction of sp³-hybridized carbons (Fsp3) is 0.941. The minimum absolute atomic E-state index is 0.168. The van der Waals surface area contributed by atoms with Crippen molar-refractivity contribution in [3.8, 4) is 0 Å². The standard InChI is InChI=1S/C17H34N2O2/c1-7-15(13(2)3)18-14-9-8-11-19(12-10-14)16(20)21-17(4,5)6/h13-15,18H,7-12H2,1-6H3. The first kappa shape index (κ1) is 18.3. The third kappa shape index (κ3) is 6.68. The van der Waals surface area contributed by atoms with E-state index in [-0.39, 0.29) is 6.09 Å². The van der Waals surface area contributed by atoms with Gasteiger partial charge in [-0.15, -0.1) is 0 Å². The summed E-state index contributed by atoms with van der Waals surface area (Å²) in [5.74, 6) is 0.653. The lowest BCUT2D eigenvalue weighted by molar-refractivity contribution is 0.0256. The van der Waals surface area contributed by atoms with Crippen molar-refractivity contribution in [1.29, 1.82) is 0 Å². The lowest BCUT2D eigenvalue weighted by Crippen LogP contribution is -2.42. The van der Waals surface area contributed by atoms with Gasteiger partial charge in [0.25, 0.3) is 0 Å². The van der Waals surface area contributed by atoms with Crippen molar-refractivity contribution >= 4 is 6.09 Å². The first-order valence-electron chi connectivity index (χ1n) is 8.47.